The zero-order valence-corrected chi connectivity index (χ0v) is 17.3. The van der Waals surface area contributed by atoms with Crippen molar-refractivity contribution in [3.8, 4) is 5.75 Å². The van der Waals surface area contributed by atoms with E-state index in [2.05, 4.69) is 0 Å². The molecule has 6 nitrogen and oxygen atoms in total. The maximum Gasteiger partial charge on any atom is 0.236 e. The quantitative estimate of drug-likeness (QED) is 0.766. The summed E-state index contributed by atoms with van der Waals surface area (Å²) in [6.45, 7) is -0.397. The number of ether oxygens (including phenoxy) is 1. The van der Waals surface area contributed by atoms with Gasteiger partial charge >= 0.3 is 0 Å². The molecule has 0 saturated carbocycles. The number of halogens is 3. The van der Waals surface area contributed by atoms with Crippen LogP contribution in [0.25, 0.3) is 0 Å². The first-order valence-corrected chi connectivity index (χ1v) is 11.2. The molecule has 0 aromatic heterocycles. The van der Waals surface area contributed by atoms with Crippen LogP contribution in [0.2, 0.25) is 5.02 Å². The van der Waals surface area contributed by atoms with Crippen molar-refractivity contribution in [1.29, 1.82) is 0 Å². The van der Waals surface area contributed by atoms with E-state index in [4.69, 9.17) is 22.1 Å². The van der Waals surface area contributed by atoms with Crippen molar-refractivity contribution in [2.75, 3.05) is 19.7 Å². The zero-order valence-electron chi connectivity index (χ0n) is 15.8. The fourth-order valence-corrected chi connectivity index (χ4v) is 6.99. The summed E-state index contributed by atoms with van der Waals surface area (Å²) in [6, 6.07) is 6.17. The van der Waals surface area contributed by atoms with Crippen molar-refractivity contribution < 1.29 is 26.7 Å². The first-order valence-electron chi connectivity index (χ1n) is 9.35. The molecule has 1 saturated heterocycles. The van der Waals surface area contributed by atoms with Gasteiger partial charge in [-0.05, 0) is 49.2 Å². The summed E-state index contributed by atoms with van der Waals surface area (Å²) < 4.78 is 61.2. The molecule has 10 heteroatoms. The summed E-state index contributed by atoms with van der Waals surface area (Å²) in [7, 11) is -4.31. The van der Waals surface area contributed by atoms with Gasteiger partial charge in [0.15, 0.2) is 21.4 Å². The van der Waals surface area contributed by atoms with Gasteiger partial charge in [0.1, 0.15) is 17.2 Å². The molecule has 0 spiro atoms. The van der Waals surface area contributed by atoms with E-state index < -0.39 is 43.9 Å². The van der Waals surface area contributed by atoms with Crippen molar-refractivity contribution in [3.05, 3.63) is 58.6 Å². The highest BCUT2D eigenvalue weighted by atomic mass is 35.5. The maximum absolute atomic E-state index is 15.1. The molecule has 2 heterocycles. The van der Waals surface area contributed by atoms with Crippen molar-refractivity contribution >= 4 is 27.3 Å². The third kappa shape index (κ3) is 2.91. The Morgan fingerprint density at radius 2 is 1.87 bits per heavy atom. The number of amides is 1. The average Bonchev–Trinajstić information content (AvgIpc) is 2.74. The van der Waals surface area contributed by atoms with Gasteiger partial charge in [-0.25, -0.2) is 17.2 Å². The molecule has 2 aromatic rings. The molecular formula is C20H19ClF2N2O4S. The van der Waals surface area contributed by atoms with Crippen LogP contribution in [0, 0.1) is 11.6 Å². The minimum Gasteiger partial charge on any atom is -0.488 e. The highest BCUT2D eigenvalue weighted by molar-refractivity contribution is 7.92. The van der Waals surface area contributed by atoms with Crippen molar-refractivity contribution in [3.63, 3.8) is 0 Å². The fraction of sp³-hybridized carbons (Fsp3) is 0.350. The monoisotopic (exact) mass is 456 g/mol. The van der Waals surface area contributed by atoms with Crippen molar-refractivity contribution in [1.82, 2.24) is 4.90 Å². The largest absolute Gasteiger partial charge is 0.488 e. The van der Waals surface area contributed by atoms with E-state index in [0.717, 1.165) is 12.1 Å². The van der Waals surface area contributed by atoms with Gasteiger partial charge in [-0.1, -0.05) is 11.6 Å². The number of benzene rings is 2. The minimum absolute atomic E-state index is 0.00624. The molecule has 2 N–H and O–H groups in total. The Balaban J connectivity index is 2.04. The topological polar surface area (TPSA) is 89.7 Å². The highest BCUT2D eigenvalue weighted by Gasteiger charge is 2.61. The van der Waals surface area contributed by atoms with E-state index in [1.54, 1.807) is 0 Å². The normalized spacial score (nSPS) is 23.3. The number of piperidine rings is 1. The highest BCUT2D eigenvalue weighted by Crippen LogP contribution is 2.53. The third-order valence-electron chi connectivity index (χ3n) is 5.83. The molecule has 2 aliphatic heterocycles. The van der Waals surface area contributed by atoms with Crippen LogP contribution < -0.4 is 10.5 Å². The van der Waals surface area contributed by atoms with Crippen LogP contribution in [0.1, 0.15) is 18.4 Å². The Kier molecular flexibility index (Phi) is 5.24. The first kappa shape index (κ1) is 21.0. The summed E-state index contributed by atoms with van der Waals surface area (Å²) in [4.78, 5) is 13.7. The number of nitrogens with zero attached hydrogens (tertiary/aromatic N) is 1. The Hall–Kier alpha value is -2.23. The third-order valence-corrected chi connectivity index (χ3v) is 8.61. The fourth-order valence-electron chi connectivity index (χ4n) is 4.52. The van der Waals surface area contributed by atoms with Crippen LogP contribution in [0.5, 0.6) is 5.75 Å². The van der Waals surface area contributed by atoms with E-state index >= 15 is 4.39 Å². The van der Waals surface area contributed by atoms with E-state index in [1.165, 1.54) is 29.2 Å². The van der Waals surface area contributed by atoms with Gasteiger partial charge in [0.2, 0.25) is 5.91 Å². The van der Waals surface area contributed by atoms with Gasteiger partial charge in [-0.15, -0.1) is 0 Å². The number of hydrogen-bond acceptors (Lipinski definition) is 5. The van der Waals surface area contributed by atoms with Gasteiger partial charge < -0.3 is 15.4 Å². The molecule has 2 aromatic carbocycles. The molecule has 4 rings (SSSR count). The summed E-state index contributed by atoms with van der Waals surface area (Å²) in [5.41, 5.74) is 5.14. The Bertz CT molecular complexity index is 1110. The van der Waals surface area contributed by atoms with E-state index in [0.29, 0.717) is 5.02 Å². The average molecular weight is 457 g/mol. The number of nitrogens with two attached hydrogens (primary N) is 1. The molecular weight excluding hydrogens is 438 g/mol. The molecule has 0 aliphatic carbocycles. The second-order valence-corrected chi connectivity index (χ2v) is 9.95. The molecule has 0 radical (unpaired) electrons. The lowest BCUT2D eigenvalue weighted by Gasteiger charge is -2.51. The van der Waals surface area contributed by atoms with E-state index in [-0.39, 0.29) is 43.0 Å². The predicted molar refractivity (Wildman–Crippen MR) is 106 cm³/mol. The second kappa shape index (κ2) is 7.47. The van der Waals surface area contributed by atoms with Crippen molar-refractivity contribution in [2.45, 2.75) is 28.5 Å². The Morgan fingerprint density at radius 1 is 1.20 bits per heavy atom. The molecule has 1 fully saturated rings. The number of carbonyl (C=O) groups is 1. The van der Waals surface area contributed by atoms with Crippen LogP contribution in [-0.4, -0.2) is 45.0 Å². The molecule has 1 amide bonds. The first-order chi connectivity index (χ1) is 14.2. The smallest absolute Gasteiger partial charge is 0.236 e. The molecule has 2 aliphatic rings. The van der Waals surface area contributed by atoms with Crippen molar-refractivity contribution in [2.24, 2.45) is 5.73 Å². The van der Waals surface area contributed by atoms with Gasteiger partial charge in [-0.2, -0.15) is 0 Å². The lowest BCUT2D eigenvalue weighted by Crippen LogP contribution is -2.65. The molecule has 1 unspecified atom stereocenters. The lowest BCUT2D eigenvalue weighted by atomic mass is 9.80. The molecule has 30 heavy (non-hydrogen) atoms. The summed E-state index contributed by atoms with van der Waals surface area (Å²) in [6.07, 6.45) is 0.262. The Morgan fingerprint density at radius 3 is 2.53 bits per heavy atom. The van der Waals surface area contributed by atoms with Crippen LogP contribution in [0.3, 0.4) is 0 Å². The summed E-state index contributed by atoms with van der Waals surface area (Å²) >= 11 is 5.90. The van der Waals surface area contributed by atoms with Crippen LogP contribution in [0.15, 0.2) is 41.3 Å². The maximum atomic E-state index is 15.1. The van der Waals surface area contributed by atoms with E-state index in [9.17, 15) is 17.6 Å². The standard InChI is InChI=1S/C20H19ClF2N2O4S/c21-12-2-4-13(5-3-12)30(27,28)20-8-1-9-25(17(26)10-24)16(20)11-29-19-15(23)7-6-14(22)18(19)20/h2-7,16H,1,8-11,24H2/t16?,20-/m0/s1. The lowest BCUT2D eigenvalue weighted by molar-refractivity contribution is -0.136. The number of carbonyl (C=O) groups excluding carboxylic acids is 1. The van der Waals surface area contributed by atoms with Crippen LogP contribution in [0.4, 0.5) is 8.78 Å². The van der Waals surface area contributed by atoms with Gasteiger partial charge in [0.05, 0.1) is 23.0 Å². The number of fused-ring (bicyclic) bond motifs is 3. The summed E-state index contributed by atoms with van der Waals surface area (Å²) in [5.74, 6) is -2.70. The molecule has 2 atom stereocenters. The molecule has 160 valence electrons. The predicted octanol–water partition coefficient (Wildman–Crippen LogP) is 2.63. The zero-order chi connectivity index (χ0) is 21.7. The Labute approximate surface area is 177 Å². The summed E-state index contributed by atoms with van der Waals surface area (Å²) in [5, 5.41) is 0.330. The second-order valence-electron chi connectivity index (χ2n) is 7.30. The van der Waals surface area contributed by atoms with Gasteiger partial charge in [0, 0.05) is 11.6 Å². The molecule has 0 bridgehead atoms. The van der Waals surface area contributed by atoms with Gasteiger partial charge in [-0.3, -0.25) is 4.79 Å². The van der Waals surface area contributed by atoms with Crippen LogP contribution in [-0.2, 0) is 19.4 Å². The minimum atomic E-state index is -4.31. The van der Waals surface area contributed by atoms with Crippen LogP contribution >= 0.6 is 11.6 Å². The number of hydrogen-bond donors (Lipinski definition) is 1. The van der Waals surface area contributed by atoms with Gasteiger partial charge in [0.25, 0.3) is 0 Å². The number of likely N-dealkylation sites (tertiary alicyclic amines) is 1. The number of sulfone groups is 1. The van der Waals surface area contributed by atoms with E-state index in [1.807, 2.05) is 0 Å². The number of rotatable bonds is 3. The SMILES string of the molecule is NCC(=O)N1CCC[C@@]2(S(=O)(=O)c3ccc(Cl)cc3)c3c(F)ccc(F)c3OCC12.